The Labute approximate surface area is 130 Å². The summed E-state index contributed by atoms with van der Waals surface area (Å²) in [6.07, 6.45) is 2.70. The van der Waals surface area contributed by atoms with Crippen molar-refractivity contribution in [1.29, 1.82) is 0 Å². The van der Waals surface area contributed by atoms with Gasteiger partial charge in [0.05, 0.1) is 10.9 Å². The van der Waals surface area contributed by atoms with E-state index in [0.29, 0.717) is 23.3 Å². The molecule has 5 nitrogen and oxygen atoms in total. The number of nitrogens with zero attached hydrogens (tertiary/aromatic N) is 2. The van der Waals surface area contributed by atoms with Gasteiger partial charge in [0.1, 0.15) is 0 Å². The molecule has 1 amide bonds. The lowest BCUT2D eigenvalue weighted by atomic mass is 10.2. The van der Waals surface area contributed by atoms with Crippen molar-refractivity contribution >= 4 is 35.0 Å². The van der Waals surface area contributed by atoms with Gasteiger partial charge < -0.3 is 9.84 Å². The van der Waals surface area contributed by atoms with Crippen LogP contribution in [-0.4, -0.2) is 21.3 Å². The molecule has 1 saturated carbocycles. The Balaban J connectivity index is 1.52. The van der Waals surface area contributed by atoms with Crippen LogP contribution in [0.3, 0.4) is 0 Å². The first-order chi connectivity index (χ1) is 10.2. The molecule has 1 aliphatic heterocycles. The van der Waals surface area contributed by atoms with Gasteiger partial charge >= 0.3 is 0 Å². The predicted molar refractivity (Wildman–Crippen MR) is 79.7 cm³/mol. The van der Waals surface area contributed by atoms with Gasteiger partial charge in [0.2, 0.25) is 11.8 Å². The topological polar surface area (TPSA) is 68.0 Å². The molecular formula is C14H12ClN3O2S. The molecule has 1 atom stereocenters. The van der Waals surface area contributed by atoms with Gasteiger partial charge in [0.25, 0.3) is 0 Å². The minimum atomic E-state index is -0.258. The number of nitrogens with one attached hydrogen (secondary N) is 1. The van der Waals surface area contributed by atoms with Gasteiger partial charge in [-0.1, -0.05) is 16.8 Å². The third kappa shape index (κ3) is 2.65. The number of carbonyl (C=O) groups is 1. The Hall–Kier alpha value is -1.53. The SMILES string of the molecule is O=C1Nc2cc(Cl)ccc2SC1Cc1nc(C2CC2)no1. The number of hydrogen-bond donors (Lipinski definition) is 1. The molecule has 21 heavy (non-hydrogen) atoms. The van der Waals surface area contributed by atoms with E-state index in [4.69, 9.17) is 16.1 Å². The fourth-order valence-electron chi connectivity index (χ4n) is 2.27. The Bertz CT molecular complexity index is 714. The Kier molecular flexibility index (Phi) is 3.15. The summed E-state index contributed by atoms with van der Waals surface area (Å²) in [5.74, 6) is 1.71. The third-order valence-corrected chi connectivity index (χ3v) is 5.06. The van der Waals surface area contributed by atoms with E-state index in [2.05, 4.69) is 15.5 Å². The van der Waals surface area contributed by atoms with Crippen LogP contribution >= 0.6 is 23.4 Å². The smallest absolute Gasteiger partial charge is 0.238 e. The van der Waals surface area contributed by atoms with Gasteiger partial charge in [-0.15, -0.1) is 11.8 Å². The molecule has 1 aromatic carbocycles. The van der Waals surface area contributed by atoms with E-state index in [0.717, 1.165) is 29.2 Å². The minimum Gasteiger partial charge on any atom is -0.339 e. The highest BCUT2D eigenvalue weighted by atomic mass is 35.5. The zero-order valence-corrected chi connectivity index (χ0v) is 12.6. The van der Waals surface area contributed by atoms with Crippen molar-refractivity contribution in [2.75, 3.05) is 5.32 Å². The van der Waals surface area contributed by atoms with Crippen molar-refractivity contribution < 1.29 is 9.32 Å². The number of halogens is 1. The van der Waals surface area contributed by atoms with Gasteiger partial charge in [0, 0.05) is 22.3 Å². The van der Waals surface area contributed by atoms with Crippen LogP contribution in [-0.2, 0) is 11.2 Å². The van der Waals surface area contributed by atoms with E-state index in [-0.39, 0.29) is 11.2 Å². The molecule has 108 valence electrons. The molecule has 7 heteroatoms. The van der Waals surface area contributed by atoms with E-state index >= 15 is 0 Å². The van der Waals surface area contributed by atoms with Gasteiger partial charge in [-0.2, -0.15) is 4.98 Å². The molecule has 1 aliphatic carbocycles. The zero-order chi connectivity index (χ0) is 14.4. The number of amides is 1. The zero-order valence-electron chi connectivity index (χ0n) is 11.0. The molecule has 4 rings (SSSR count). The second kappa shape index (κ2) is 5.03. The molecular weight excluding hydrogens is 310 g/mol. The molecule has 1 fully saturated rings. The van der Waals surface area contributed by atoms with Crippen molar-refractivity contribution in [2.45, 2.75) is 35.3 Å². The van der Waals surface area contributed by atoms with Crippen LogP contribution in [0, 0.1) is 0 Å². The van der Waals surface area contributed by atoms with Crippen LogP contribution in [0.25, 0.3) is 0 Å². The second-order valence-electron chi connectivity index (χ2n) is 5.26. The van der Waals surface area contributed by atoms with Gasteiger partial charge in [-0.3, -0.25) is 4.79 Å². The van der Waals surface area contributed by atoms with E-state index in [9.17, 15) is 4.79 Å². The monoisotopic (exact) mass is 321 g/mol. The standard InChI is InChI=1S/C14H12ClN3O2S/c15-8-3-4-10-9(5-8)16-14(19)11(21-10)6-12-17-13(18-20-12)7-1-2-7/h3-5,7,11H,1-2,6H2,(H,16,19). The number of anilines is 1. The maximum Gasteiger partial charge on any atom is 0.238 e. The molecule has 0 bridgehead atoms. The predicted octanol–water partition coefficient (Wildman–Crippen LogP) is 3.26. The summed E-state index contributed by atoms with van der Waals surface area (Å²) in [6, 6.07) is 5.49. The van der Waals surface area contributed by atoms with Crippen LogP contribution in [0.2, 0.25) is 5.02 Å². The lowest BCUT2D eigenvalue weighted by Crippen LogP contribution is -2.30. The molecule has 2 aliphatic rings. The van der Waals surface area contributed by atoms with E-state index < -0.39 is 0 Å². The van der Waals surface area contributed by atoms with Gasteiger partial charge in [-0.05, 0) is 31.0 Å². The van der Waals surface area contributed by atoms with Crippen LogP contribution < -0.4 is 5.32 Å². The lowest BCUT2D eigenvalue weighted by Gasteiger charge is -2.23. The first-order valence-electron chi connectivity index (χ1n) is 6.78. The molecule has 0 spiro atoms. The fraction of sp³-hybridized carbons (Fsp3) is 0.357. The van der Waals surface area contributed by atoms with Crippen molar-refractivity contribution in [1.82, 2.24) is 10.1 Å². The van der Waals surface area contributed by atoms with Crippen LogP contribution in [0.1, 0.15) is 30.5 Å². The van der Waals surface area contributed by atoms with Crippen LogP contribution in [0.4, 0.5) is 5.69 Å². The second-order valence-corrected chi connectivity index (χ2v) is 6.94. The Morgan fingerprint density at radius 1 is 1.43 bits per heavy atom. The third-order valence-electron chi connectivity index (χ3n) is 3.55. The van der Waals surface area contributed by atoms with Crippen molar-refractivity contribution in [2.24, 2.45) is 0 Å². The molecule has 0 saturated heterocycles. The summed E-state index contributed by atoms with van der Waals surface area (Å²) in [6.45, 7) is 0. The number of benzene rings is 1. The molecule has 1 aromatic heterocycles. The molecule has 1 N–H and O–H groups in total. The first kappa shape index (κ1) is 13.2. The van der Waals surface area contributed by atoms with Crippen molar-refractivity contribution in [3.8, 4) is 0 Å². The molecule has 2 heterocycles. The lowest BCUT2D eigenvalue weighted by molar-refractivity contribution is -0.115. The summed E-state index contributed by atoms with van der Waals surface area (Å²) < 4.78 is 5.25. The number of hydrogen-bond acceptors (Lipinski definition) is 5. The number of fused-ring (bicyclic) bond motifs is 1. The van der Waals surface area contributed by atoms with Crippen LogP contribution in [0.15, 0.2) is 27.6 Å². The van der Waals surface area contributed by atoms with Gasteiger partial charge in [-0.25, -0.2) is 0 Å². The molecule has 1 unspecified atom stereocenters. The summed E-state index contributed by atoms with van der Waals surface area (Å²) >= 11 is 7.44. The normalized spacial score (nSPS) is 21.0. The number of carbonyl (C=O) groups excluding carboxylic acids is 1. The quantitative estimate of drug-likeness (QED) is 0.939. The number of aromatic nitrogens is 2. The number of thioether (sulfide) groups is 1. The Morgan fingerprint density at radius 3 is 3.10 bits per heavy atom. The highest BCUT2D eigenvalue weighted by Gasteiger charge is 2.32. The largest absolute Gasteiger partial charge is 0.339 e. The van der Waals surface area contributed by atoms with E-state index in [1.165, 1.54) is 11.8 Å². The highest BCUT2D eigenvalue weighted by Crippen LogP contribution is 2.40. The summed E-state index contributed by atoms with van der Waals surface area (Å²) in [5.41, 5.74) is 0.762. The summed E-state index contributed by atoms with van der Waals surface area (Å²) in [4.78, 5) is 17.5. The van der Waals surface area contributed by atoms with Crippen LogP contribution in [0.5, 0.6) is 0 Å². The molecule has 0 radical (unpaired) electrons. The maximum atomic E-state index is 12.2. The van der Waals surface area contributed by atoms with Crippen molar-refractivity contribution in [3.05, 3.63) is 34.9 Å². The van der Waals surface area contributed by atoms with E-state index in [1.807, 2.05) is 12.1 Å². The average Bonchev–Trinajstić information content (AvgIpc) is 3.20. The average molecular weight is 322 g/mol. The maximum absolute atomic E-state index is 12.2. The number of rotatable bonds is 3. The Morgan fingerprint density at radius 2 is 2.29 bits per heavy atom. The summed E-state index contributed by atoms with van der Waals surface area (Å²) in [5, 5.41) is 7.21. The van der Waals surface area contributed by atoms with E-state index in [1.54, 1.807) is 6.07 Å². The highest BCUT2D eigenvalue weighted by molar-refractivity contribution is 8.01. The molecule has 2 aromatic rings. The summed E-state index contributed by atoms with van der Waals surface area (Å²) in [7, 11) is 0. The fourth-order valence-corrected chi connectivity index (χ4v) is 3.53. The first-order valence-corrected chi connectivity index (χ1v) is 8.04. The van der Waals surface area contributed by atoms with Gasteiger partial charge in [0.15, 0.2) is 5.82 Å². The van der Waals surface area contributed by atoms with Crippen molar-refractivity contribution in [3.63, 3.8) is 0 Å². The minimum absolute atomic E-state index is 0.0547.